The summed E-state index contributed by atoms with van der Waals surface area (Å²) < 4.78 is 16.8. The summed E-state index contributed by atoms with van der Waals surface area (Å²) in [5.74, 6) is 0.482. The van der Waals surface area contributed by atoms with Crippen LogP contribution in [0.2, 0.25) is 0 Å². The summed E-state index contributed by atoms with van der Waals surface area (Å²) in [4.78, 5) is 24.0. The van der Waals surface area contributed by atoms with Crippen molar-refractivity contribution < 1.29 is 23.8 Å². The lowest BCUT2D eigenvalue weighted by Gasteiger charge is -2.24. The van der Waals surface area contributed by atoms with Gasteiger partial charge in [0.2, 0.25) is 0 Å². The Bertz CT molecular complexity index is 609. The van der Waals surface area contributed by atoms with Crippen molar-refractivity contribution in [3.63, 3.8) is 0 Å². The van der Waals surface area contributed by atoms with Crippen LogP contribution in [0.4, 0.5) is 0 Å². The van der Waals surface area contributed by atoms with Gasteiger partial charge in [0.05, 0.1) is 25.7 Å². The number of Topliss-reactive ketones (excluding diaryl/α,β-unsaturated/α-hetero) is 1. The number of esters is 1. The molecular weight excluding hydrogens is 380 g/mol. The van der Waals surface area contributed by atoms with E-state index in [-0.39, 0.29) is 30.7 Å². The molecule has 1 aromatic rings. The Balaban J connectivity index is 1.71. The second kappa shape index (κ2) is 14.3. The summed E-state index contributed by atoms with van der Waals surface area (Å²) in [5, 5.41) is 0. The first-order chi connectivity index (χ1) is 14.6. The van der Waals surface area contributed by atoms with Crippen LogP contribution in [0.15, 0.2) is 30.3 Å². The Morgan fingerprint density at radius 1 is 1.00 bits per heavy atom. The smallest absolute Gasteiger partial charge is 0.308 e. The molecule has 5 nitrogen and oxygen atoms in total. The Kier molecular flexibility index (Phi) is 11.7. The number of ketones is 1. The maximum absolute atomic E-state index is 12.5. The quantitative estimate of drug-likeness (QED) is 0.305. The molecule has 0 radical (unpaired) electrons. The molecule has 0 amide bonds. The predicted molar refractivity (Wildman–Crippen MR) is 117 cm³/mol. The van der Waals surface area contributed by atoms with Crippen LogP contribution in [0.5, 0.6) is 0 Å². The molecule has 30 heavy (non-hydrogen) atoms. The zero-order valence-corrected chi connectivity index (χ0v) is 18.6. The third kappa shape index (κ3) is 10.4. The lowest BCUT2D eigenvalue weighted by atomic mass is 9.85. The van der Waals surface area contributed by atoms with E-state index >= 15 is 0 Å². The molecule has 1 fully saturated rings. The van der Waals surface area contributed by atoms with E-state index in [0.29, 0.717) is 19.6 Å². The highest BCUT2D eigenvalue weighted by atomic mass is 16.5. The number of carbonyl (C=O) groups is 2. The highest BCUT2D eigenvalue weighted by molar-refractivity contribution is 5.77. The minimum absolute atomic E-state index is 0.0106. The summed E-state index contributed by atoms with van der Waals surface area (Å²) in [6, 6.07) is 9.92. The molecule has 1 aromatic carbocycles. The van der Waals surface area contributed by atoms with Gasteiger partial charge in [0.15, 0.2) is 0 Å². The lowest BCUT2D eigenvalue weighted by Crippen LogP contribution is -2.26. The molecule has 2 unspecified atom stereocenters. The van der Waals surface area contributed by atoms with Crippen LogP contribution in [0, 0.1) is 5.92 Å². The summed E-state index contributed by atoms with van der Waals surface area (Å²) in [6.45, 7) is 2.47. The van der Waals surface area contributed by atoms with Gasteiger partial charge in [0.25, 0.3) is 0 Å². The van der Waals surface area contributed by atoms with Crippen molar-refractivity contribution in [2.45, 2.75) is 89.9 Å². The van der Waals surface area contributed by atoms with E-state index in [9.17, 15) is 9.59 Å². The first-order valence-electron chi connectivity index (χ1n) is 11.4. The molecular formula is C25H38O5. The van der Waals surface area contributed by atoms with Gasteiger partial charge in [0, 0.05) is 20.0 Å². The number of carbonyl (C=O) groups excluding carboxylic acids is 2. The standard InChI is InChI=1S/C25H38O5/c1-20(26)17-24(15-16-29-19-22-11-7-4-8-12-22)30-25(27)18-23(28-2)14-13-21-9-5-3-6-10-21/h4,7-8,11-12,21,23-24H,3,5-6,9-10,13-19H2,1-2H3. The molecule has 1 aliphatic rings. The Hall–Kier alpha value is -1.72. The van der Waals surface area contributed by atoms with Crippen molar-refractivity contribution in [2.24, 2.45) is 5.92 Å². The minimum Gasteiger partial charge on any atom is -0.462 e. The first-order valence-corrected chi connectivity index (χ1v) is 11.4. The molecule has 1 aliphatic carbocycles. The number of benzene rings is 1. The number of methoxy groups -OCH3 is 1. The van der Waals surface area contributed by atoms with Crippen molar-refractivity contribution >= 4 is 11.8 Å². The molecule has 0 aliphatic heterocycles. The van der Waals surface area contributed by atoms with Crippen molar-refractivity contribution in [2.75, 3.05) is 13.7 Å². The molecule has 2 rings (SSSR count). The summed E-state index contributed by atoms with van der Waals surface area (Å²) in [5.41, 5.74) is 1.10. The molecule has 168 valence electrons. The largest absolute Gasteiger partial charge is 0.462 e. The molecule has 0 saturated heterocycles. The van der Waals surface area contributed by atoms with Crippen LogP contribution < -0.4 is 0 Å². The van der Waals surface area contributed by atoms with Gasteiger partial charge in [0.1, 0.15) is 11.9 Å². The highest BCUT2D eigenvalue weighted by Gasteiger charge is 2.22. The molecule has 2 atom stereocenters. The van der Waals surface area contributed by atoms with Crippen LogP contribution in [0.25, 0.3) is 0 Å². The van der Waals surface area contributed by atoms with E-state index in [1.807, 2.05) is 30.3 Å². The van der Waals surface area contributed by atoms with E-state index in [4.69, 9.17) is 14.2 Å². The van der Waals surface area contributed by atoms with Gasteiger partial charge in [-0.15, -0.1) is 0 Å². The van der Waals surface area contributed by atoms with Gasteiger partial charge in [-0.1, -0.05) is 62.4 Å². The third-order valence-corrected chi connectivity index (χ3v) is 5.86. The third-order valence-electron chi connectivity index (χ3n) is 5.86. The predicted octanol–water partition coefficient (Wildman–Crippen LogP) is 5.25. The summed E-state index contributed by atoms with van der Waals surface area (Å²) >= 11 is 0. The summed E-state index contributed by atoms with van der Waals surface area (Å²) in [7, 11) is 1.66. The maximum Gasteiger partial charge on any atom is 0.308 e. The van der Waals surface area contributed by atoms with Crippen LogP contribution in [0.3, 0.4) is 0 Å². The average molecular weight is 419 g/mol. The number of rotatable bonds is 14. The van der Waals surface area contributed by atoms with E-state index in [1.54, 1.807) is 7.11 Å². The number of hydrogen-bond donors (Lipinski definition) is 0. The summed E-state index contributed by atoms with van der Waals surface area (Å²) in [6.07, 6.45) is 8.99. The fourth-order valence-corrected chi connectivity index (χ4v) is 4.12. The molecule has 5 heteroatoms. The Morgan fingerprint density at radius 3 is 2.40 bits per heavy atom. The second-order valence-corrected chi connectivity index (χ2v) is 8.49. The fraction of sp³-hybridized carbons (Fsp3) is 0.680. The van der Waals surface area contributed by atoms with E-state index < -0.39 is 6.10 Å². The van der Waals surface area contributed by atoms with E-state index in [1.165, 1.54) is 39.0 Å². The number of hydrogen-bond acceptors (Lipinski definition) is 5. The molecule has 0 aromatic heterocycles. The molecule has 0 spiro atoms. The highest BCUT2D eigenvalue weighted by Crippen LogP contribution is 2.28. The van der Waals surface area contributed by atoms with Gasteiger partial charge < -0.3 is 14.2 Å². The van der Waals surface area contributed by atoms with Crippen molar-refractivity contribution in [3.05, 3.63) is 35.9 Å². The van der Waals surface area contributed by atoms with Crippen LogP contribution >= 0.6 is 0 Å². The molecule has 0 N–H and O–H groups in total. The topological polar surface area (TPSA) is 61.8 Å². The first kappa shape index (κ1) is 24.5. The van der Waals surface area contributed by atoms with Crippen LogP contribution in [-0.2, 0) is 30.4 Å². The normalized spacial score (nSPS) is 16.7. The van der Waals surface area contributed by atoms with Gasteiger partial charge in [-0.25, -0.2) is 0 Å². The van der Waals surface area contributed by atoms with Gasteiger partial charge in [-0.05, 0) is 31.2 Å². The maximum atomic E-state index is 12.5. The monoisotopic (exact) mass is 418 g/mol. The lowest BCUT2D eigenvalue weighted by molar-refractivity contribution is -0.153. The second-order valence-electron chi connectivity index (χ2n) is 8.49. The average Bonchev–Trinajstić information content (AvgIpc) is 2.75. The minimum atomic E-state index is -0.443. The van der Waals surface area contributed by atoms with E-state index in [0.717, 1.165) is 24.3 Å². The van der Waals surface area contributed by atoms with Crippen molar-refractivity contribution in [3.8, 4) is 0 Å². The van der Waals surface area contributed by atoms with Crippen LogP contribution in [0.1, 0.15) is 76.7 Å². The number of ether oxygens (including phenoxy) is 3. The van der Waals surface area contributed by atoms with Gasteiger partial charge in [-0.2, -0.15) is 0 Å². The molecule has 0 heterocycles. The Labute approximate surface area is 181 Å². The molecule has 0 bridgehead atoms. The van der Waals surface area contributed by atoms with Crippen LogP contribution in [-0.4, -0.2) is 37.7 Å². The zero-order chi connectivity index (χ0) is 21.6. The van der Waals surface area contributed by atoms with E-state index in [2.05, 4.69) is 0 Å². The zero-order valence-electron chi connectivity index (χ0n) is 18.6. The van der Waals surface area contributed by atoms with Crippen molar-refractivity contribution in [1.29, 1.82) is 0 Å². The fourth-order valence-electron chi connectivity index (χ4n) is 4.12. The van der Waals surface area contributed by atoms with Gasteiger partial charge >= 0.3 is 5.97 Å². The van der Waals surface area contributed by atoms with Gasteiger partial charge in [-0.3, -0.25) is 9.59 Å². The molecule has 1 saturated carbocycles. The Morgan fingerprint density at radius 2 is 1.73 bits per heavy atom. The SMILES string of the molecule is COC(CCC1CCCCC1)CC(=O)OC(CCOCc1ccccc1)CC(C)=O. The van der Waals surface area contributed by atoms with Crippen molar-refractivity contribution in [1.82, 2.24) is 0 Å².